The van der Waals surface area contributed by atoms with Crippen molar-refractivity contribution < 1.29 is 0 Å². The largest absolute Gasteiger partial charge is 0.357 e. The van der Waals surface area contributed by atoms with Crippen LogP contribution in [0.4, 0.5) is 5.13 Å². The molecule has 1 heterocycles. The molecule has 0 aliphatic carbocycles. The van der Waals surface area contributed by atoms with Gasteiger partial charge in [0.15, 0.2) is 10.3 Å². The molecular formula is C12H10ClN3S. The van der Waals surface area contributed by atoms with Gasteiger partial charge in [0.05, 0.1) is 0 Å². The highest BCUT2D eigenvalue weighted by Gasteiger charge is 2.07. The maximum atomic E-state index is 8.76. The van der Waals surface area contributed by atoms with Crippen LogP contribution in [0.2, 0.25) is 5.15 Å². The van der Waals surface area contributed by atoms with Gasteiger partial charge in [0.2, 0.25) is 0 Å². The summed E-state index contributed by atoms with van der Waals surface area (Å²) in [5, 5.41) is 12.9. The summed E-state index contributed by atoms with van der Waals surface area (Å²) < 4.78 is 0. The number of hydrogen-bond acceptors (Lipinski definition) is 4. The third-order valence-corrected chi connectivity index (χ3v) is 3.52. The summed E-state index contributed by atoms with van der Waals surface area (Å²) in [6.07, 6.45) is 0. The van der Waals surface area contributed by atoms with Gasteiger partial charge in [0, 0.05) is 6.54 Å². The minimum atomic E-state index is 0.268. The number of benzene rings is 1. The molecule has 5 heteroatoms. The summed E-state index contributed by atoms with van der Waals surface area (Å²) >= 11 is 7.06. The number of nitrogens with zero attached hydrogens (tertiary/aromatic N) is 2. The molecule has 17 heavy (non-hydrogen) atoms. The van der Waals surface area contributed by atoms with Crippen molar-refractivity contribution in [3.05, 3.63) is 45.4 Å². The highest BCUT2D eigenvalue weighted by molar-refractivity contribution is 7.16. The molecule has 1 N–H and O–H groups in total. The predicted molar refractivity (Wildman–Crippen MR) is 70.3 cm³/mol. The monoisotopic (exact) mass is 263 g/mol. The minimum Gasteiger partial charge on any atom is -0.357 e. The Balaban J connectivity index is 2.05. The van der Waals surface area contributed by atoms with Gasteiger partial charge < -0.3 is 5.32 Å². The van der Waals surface area contributed by atoms with Crippen LogP contribution in [0.5, 0.6) is 0 Å². The summed E-state index contributed by atoms with van der Waals surface area (Å²) in [6.45, 7) is 2.73. The van der Waals surface area contributed by atoms with Crippen molar-refractivity contribution in [3.8, 4) is 6.07 Å². The van der Waals surface area contributed by atoms with E-state index >= 15 is 0 Å². The lowest BCUT2D eigenvalue weighted by molar-refractivity contribution is 1.13. The number of aromatic nitrogens is 1. The normalized spacial score (nSPS) is 9.94. The molecule has 0 aliphatic heterocycles. The van der Waals surface area contributed by atoms with E-state index < -0.39 is 0 Å². The zero-order valence-electron chi connectivity index (χ0n) is 9.20. The number of nitrogens with one attached hydrogen (secondary N) is 1. The number of rotatable bonds is 3. The van der Waals surface area contributed by atoms with E-state index in [1.54, 1.807) is 0 Å². The van der Waals surface area contributed by atoms with Crippen LogP contribution in [0.25, 0.3) is 0 Å². The summed E-state index contributed by atoms with van der Waals surface area (Å²) in [7, 11) is 0. The molecule has 2 aromatic rings. The van der Waals surface area contributed by atoms with Crippen molar-refractivity contribution in [3.63, 3.8) is 0 Å². The molecule has 0 saturated carbocycles. The second-order valence-corrected chi connectivity index (χ2v) is 4.95. The SMILES string of the molecule is Cc1cccc(CNc2nc(Cl)c(C#N)s2)c1. The van der Waals surface area contributed by atoms with Crippen LogP contribution in [0.1, 0.15) is 16.0 Å². The zero-order chi connectivity index (χ0) is 12.3. The standard InChI is InChI=1S/C12H10ClN3S/c1-8-3-2-4-9(5-8)7-15-12-16-11(13)10(6-14)17-12/h2-5H,7H2,1H3,(H,15,16). The Morgan fingerprint density at radius 2 is 2.35 bits per heavy atom. The van der Waals surface area contributed by atoms with Crippen LogP contribution >= 0.6 is 22.9 Å². The first kappa shape index (κ1) is 11.9. The van der Waals surface area contributed by atoms with Crippen LogP contribution in [-0.2, 0) is 6.54 Å². The van der Waals surface area contributed by atoms with Crippen LogP contribution < -0.4 is 5.32 Å². The van der Waals surface area contributed by atoms with E-state index in [0.29, 0.717) is 16.6 Å². The number of nitriles is 1. The third kappa shape index (κ3) is 2.96. The summed E-state index contributed by atoms with van der Waals surface area (Å²) in [6, 6.07) is 10.2. The van der Waals surface area contributed by atoms with Crippen LogP contribution in [0.3, 0.4) is 0 Å². The lowest BCUT2D eigenvalue weighted by atomic mass is 10.1. The van der Waals surface area contributed by atoms with Gasteiger partial charge in [-0.3, -0.25) is 0 Å². The molecule has 0 bridgehead atoms. The predicted octanol–water partition coefficient (Wildman–Crippen LogP) is 3.59. The topological polar surface area (TPSA) is 48.7 Å². The van der Waals surface area contributed by atoms with Crippen LogP contribution in [-0.4, -0.2) is 4.98 Å². The second-order valence-electron chi connectivity index (χ2n) is 3.59. The summed E-state index contributed by atoms with van der Waals surface area (Å²) in [5.74, 6) is 0. The number of halogens is 1. The molecule has 0 saturated heterocycles. The molecule has 0 spiro atoms. The van der Waals surface area contributed by atoms with Gasteiger partial charge in [-0.05, 0) is 12.5 Å². The van der Waals surface area contributed by atoms with Gasteiger partial charge in [-0.1, -0.05) is 52.8 Å². The maximum Gasteiger partial charge on any atom is 0.185 e. The lowest BCUT2D eigenvalue weighted by Crippen LogP contribution is -1.98. The Morgan fingerprint density at radius 3 is 3.00 bits per heavy atom. The maximum absolute atomic E-state index is 8.76. The second kappa shape index (κ2) is 5.17. The van der Waals surface area contributed by atoms with Crippen molar-refractivity contribution in [1.82, 2.24) is 4.98 Å². The number of thiazole rings is 1. The van der Waals surface area contributed by atoms with E-state index in [-0.39, 0.29) is 5.15 Å². The fourth-order valence-electron chi connectivity index (χ4n) is 1.45. The first-order valence-electron chi connectivity index (χ1n) is 5.05. The molecule has 0 radical (unpaired) electrons. The fraction of sp³-hybridized carbons (Fsp3) is 0.167. The lowest BCUT2D eigenvalue weighted by Gasteiger charge is -2.03. The smallest absolute Gasteiger partial charge is 0.185 e. The van der Waals surface area contributed by atoms with E-state index in [2.05, 4.69) is 29.4 Å². The first-order chi connectivity index (χ1) is 8.19. The Hall–Kier alpha value is -1.57. The molecule has 2 rings (SSSR count). The van der Waals surface area contributed by atoms with Crippen molar-refractivity contribution in [2.75, 3.05) is 5.32 Å². The van der Waals surface area contributed by atoms with Crippen molar-refractivity contribution >= 4 is 28.1 Å². The molecule has 86 valence electrons. The molecule has 0 unspecified atom stereocenters. The number of aryl methyl sites for hydroxylation is 1. The number of anilines is 1. The number of hydrogen-bond donors (Lipinski definition) is 1. The highest BCUT2D eigenvalue weighted by atomic mass is 35.5. The Kier molecular flexibility index (Phi) is 3.62. The third-order valence-electron chi connectivity index (χ3n) is 2.21. The molecule has 0 fully saturated rings. The Bertz CT molecular complexity index is 571. The highest BCUT2D eigenvalue weighted by Crippen LogP contribution is 2.26. The van der Waals surface area contributed by atoms with Crippen LogP contribution in [0.15, 0.2) is 24.3 Å². The Labute approximate surface area is 109 Å². The average Bonchev–Trinajstić information content (AvgIpc) is 2.67. The van der Waals surface area contributed by atoms with Gasteiger partial charge >= 0.3 is 0 Å². The average molecular weight is 264 g/mol. The quantitative estimate of drug-likeness (QED) is 0.921. The Morgan fingerprint density at radius 1 is 1.53 bits per heavy atom. The molecule has 1 aromatic carbocycles. The van der Waals surface area contributed by atoms with Crippen molar-refractivity contribution in [1.29, 1.82) is 5.26 Å². The molecule has 0 atom stereocenters. The van der Waals surface area contributed by atoms with Gasteiger partial charge in [-0.2, -0.15) is 5.26 Å². The fourth-order valence-corrected chi connectivity index (χ4v) is 2.39. The van der Waals surface area contributed by atoms with E-state index in [1.807, 2.05) is 18.2 Å². The molecule has 0 amide bonds. The molecule has 0 aliphatic rings. The molecule has 1 aromatic heterocycles. The van der Waals surface area contributed by atoms with Gasteiger partial charge in [0.25, 0.3) is 0 Å². The molecular weight excluding hydrogens is 254 g/mol. The molecule has 3 nitrogen and oxygen atoms in total. The van der Waals surface area contributed by atoms with Gasteiger partial charge in [-0.25, -0.2) is 4.98 Å². The van der Waals surface area contributed by atoms with Gasteiger partial charge in [0.1, 0.15) is 10.9 Å². The first-order valence-corrected chi connectivity index (χ1v) is 6.24. The van der Waals surface area contributed by atoms with E-state index in [0.717, 1.165) is 0 Å². The van der Waals surface area contributed by atoms with Crippen LogP contribution in [0, 0.1) is 18.3 Å². The van der Waals surface area contributed by atoms with Crippen molar-refractivity contribution in [2.24, 2.45) is 0 Å². The summed E-state index contributed by atoms with van der Waals surface area (Å²) in [4.78, 5) is 4.51. The zero-order valence-corrected chi connectivity index (χ0v) is 10.8. The minimum absolute atomic E-state index is 0.268. The van der Waals surface area contributed by atoms with Crippen molar-refractivity contribution in [2.45, 2.75) is 13.5 Å². The summed E-state index contributed by atoms with van der Waals surface area (Å²) in [5.41, 5.74) is 2.40. The van der Waals surface area contributed by atoms with E-state index in [9.17, 15) is 0 Å². The van der Waals surface area contributed by atoms with E-state index in [4.69, 9.17) is 16.9 Å². The van der Waals surface area contributed by atoms with Gasteiger partial charge in [-0.15, -0.1) is 0 Å². The van der Waals surface area contributed by atoms with E-state index in [1.165, 1.54) is 22.5 Å².